The SMILES string of the molecule is CN1C(=O)C(C)(C)c2cc(-c3csc(NC(=O)c4cc([N+](=O)[O-])ccc4Cl)n3)ccc21. The van der Waals surface area contributed by atoms with Gasteiger partial charge in [-0.1, -0.05) is 17.7 Å². The highest BCUT2D eigenvalue weighted by atomic mass is 35.5. The quantitative estimate of drug-likeness (QED) is 0.445. The lowest BCUT2D eigenvalue weighted by molar-refractivity contribution is -0.384. The average Bonchev–Trinajstić information content (AvgIpc) is 3.26. The van der Waals surface area contributed by atoms with E-state index in [2.05, 4.69) is 10.3 Å². The average molecular weight is 457 g/mol. The number of rotatable bonds is 4. The third-order valence-electron chi connectivity index (χ3n) is 5.30. The van der Waals surface area contributed by atoms with Crippen LogP contribution in [-0.2, 0) is 10.2 Å². The minimum atomic E-state index is -0.633. The number of benzene rings is 2. The van der Waals surface area contributed by atoms with E-state index in [0.29, 0.717) is 10.8 Å². The maximum Gasteiger partial charge on any atom is 0.270 e. The zero-order chi connectivity index (χ0) is 22.5. The fraction of sp³-hybridized carbons (Fsp3) is 0.190. The van der Waals surface area contributed by atoms with Gasteiger partial charge in [0.25, 0.3) is 11.6 Å². The molecule has 0 atom stereocenters. The summed E-state index contributed by atoms with van der Waals surface area (Å²) in [4.78, 5) is 41.5. The van der Waals surface area contributed by atoms with Crippen molar-refractivity contribution >= 4 is 51.3 Å². The molecule has 0 spiro atoms. The molecule has 0 unspecified atom stereocenters. The number of amides is 2. The molecule has 0 fully saturated rings. The van der Waals surface area contributed by atoms with Crippen LogP contribution in [0, 0.1) is 10.1 Å². The van der Waals surface area contributed by atoms with Crippen LogP contribution in [0.15, 0.2) is 41.8 Å². The van der Waals surface area contributed by atoms with Crippen molar-refractivity contribution in [2.75, 3.05) is 17.3 Å². The smallest absolute Gasteiger partial charge is 0.270 e. The summed E-state index contributed by atoms with van der Waals surface area (Å²) in [6.07, 6.45) is 0. The first-order valence-corrected chi connectivity index (χ1v) is 10.5. The highest BCUT2D eigenvalue weighted by Crippen LogP contribution is 2.42. The van der Waals surface area contributed by atoms with Gasteiger partial charge in [0.05, 0.1) is 26.6 Å². The Bertz CT molecular complexity index is 1250. The minimum Gasteiger partial charge on any atom is -0.314 e. The Kier molecular flexibility index (Phi) is 5.03. The number of carbonyl (C=O) groups excluding carboxylic acids is 2. The molecule has 31 heavy (non-hydrogen) atoms. The van der Waals surface area contributed by atoms with Crippen LogP contribution in [0.1, 0.15) is 29.8 Å². The van der Waals surface area contributed by atoms with E-state index in [1.807, 2.05) is 32.0 Å². The summed E-state index contributed by atoms with van der Waals surface area (Å²) >= 11 is 7.26. The molecule has 0 saturated carbocycles. The van der Waals surface area contributed by atoms with Crippen molar-refractivity contribution in [1.82, 2.24) is 4.98 Å². The van der Waals surface area contributed by atoms with Crippen molar-refractivity contribution < 1.29 is 14.5 Å². The number of anilines is 2. The van der Waals surface area contributed by atoms with Crippen LogP contribution >= 0.6 is 22.9 Å². The van der Waals surface area contributed by atoms with Gasteiger partial charge < -0.3 is 4.90 Å². The molecule has 10 heteroatoms. The summed E-state index contributed by atoms with van der Waals surface area (Å²) in [5.41, 5.74) is 2.38. The van der Waals surface area contributed by atoms with Gasteiger partial charge in [-0.05, 0) is 37.6 Å². The van der Waals surface area contributed by atoms with Crippen LogP contribution in [-0.4, -0.2) is 28.8 Å². The molecule has 0 aliphatic carbocycles. The second-order valence-corrected chi connectivity index (χ2v) is 8.90. The lowest BCUT2D eigenvalue weighted by Crippen LogP contribution is -2.33. The van der Waals surface area contributed by atoms with Gasteiger partial charge in [0, 0.05) is 35.8 Å². The normalized spacial score (nSPS) is 14.5. The van der Waals surface area contributed by atoms with Crippen molar-refractivity contribution in [1.29, 1.82) is 0 Å². The van der Waals surface area contributed by atoms with E-state index in [1.54, 1.807) is 17.3 Å². The third kappa shape index (κ3) is 3.55. The number of non-ortho nitro benzene ring substituents is 1. The summed E-state index contributed by atoms with van der Waals surface area (Å²) in [5.74, 6) is -0.559. The number of halogens is 1. The third-order valence-corrected chi connectivity index (χ3v) is 6.38. The van der Waals surface area contributed by atoms with E-state index in [1.165, 1.54) is 23.5 Å². The topological polar surface area (TPSA) is 105 Å². The minimum absolute atomic E-state index is 0.00607. The van der Waals surface area contributed by atoms with Crippen molar-refractivity contribution in [3.8, 4) is 11.3 Å². The number of likely N-dealkylation sites (N-methyl/N-ethyl adjacent to an activating group) is 1. The van der Waals surface area contributed by atoms with Gasteiger partial charge in [-0.3, -0.25) is 25.0 Å². The lowest BCUT2D eigenvalue weighted by Gasteiger charge is -2.16. The number of hydrogen-bond donors (Lipinski definition) is 1. The van der Waals surface area contributed by atoms with Gasteiger partial charge in [0.15, 0.2) is 5.13 Å². The van der Waals surface area contributed by atoms with Gasteiger partial charge in [-0.2, -0.15) is 0 Å². The number of carbonyl (C=O) groups is 2. The van der Waals surface area contributed by atoms with E-state index in [9.17, 15) is 19.7 Å². The zero-order valence-electron chi connectivity index (χ0n) is 16.8. The molecule has 0 bridgehead atoms. The first-order chi connectivity index (χ1) is 14.6. The van der Waals surface area contributed by atoms with E-state index >= 15 is 0 Å². The number of aromatic nitrogens is 1. The molecule has 1 N–H and O–H groups in total. The van der Waals surface area contributed by atoms with Crippen LogP contribution in [0.5, 0.6) is 0 Å². The highest BCUT2D eigenvalue weighted by molar-refractivity contribution is 7.14. The maximum absolute atomic E-state index is 12.6. The number of nitrogens with one attached hydrogen (secondary N) is 1. The van der Waals surface area contributed by atoms with E-state index < -0.39 is 16.2 Å². The van der Waals surface area contributed by atoms with E-state index in [4.69, 9.17) is 11.6 Å². The molecule has 2 heterocycles. The summed E-state index contributed by atoms with van der Waals surface area (Å²) in [6, 6.07) is 9.38. The summed E-state index contributed by atoms with van der Waals surface area (Å²) in [7, 11) is 1.76. The molecule has 1 aromatic heterocycles. The van der Waals surface area contributed by atoms with Crippen molar-refractivity contribution in [2.45, 2.75) is 19.3 Å². The molecule has 3 aromatic rings. The number of hydrogen-bond acceptors (Lipinski definition) is 6. The van der Waals surface area contributed by atoms with Crippen LogP contribution in [0.3, 0.4) is 0 Å². The van der Waals surface area contributed by atoms with Crippen molar-refractivity contribution in [3.05, 3.63) is 68.0 Å². The predicted molar refractivity (Wildman–Crippen MR) is 120 cm³/mol. The van der Waals surface area contributed by atoms with E-state index in [0.717, 1.165) is 22.9 Å². The van der Waals surface area contributed by atoms with Crippen LogP contribution in [0.2, 0.25) is 5.02 Å². The predicted octanol–water partition coefficient (Wildman–Crippen LogP) is 4.88. The second-order valence-electron chi connectivity index (χ2n) is 7.63. The molecule has 2 amide bonds. The largest absolute Gasteiger partial charge is 0.314 e. The fourth-order valence-corrected chi connectivity index (χ4v) is 4.48. The van der Waals surface area contributed by atoms with E-state index in [-0.39, 0.29) is 22.2 Å². The molecular weight excluding hydrogens is 440 g/mol. The maximum atomic E-state index is 12.6. The van der Waals surface area contributed by atoms with Gasteiger partial charge in [-0.15, -0.1) is 11.3 Å². The van der Waals surface area contributed by atoms with Crippen LogP contribution in [0.25, 0.3) is 11.3 Å². The first kappa shape index (κ1) is 21.0. The number of nitro groups is 1. The second kappa shape index (κ2) is 7.44. The van der Waals surface area contributed by atoms with Gasteiger partial charge in [0.1, 0.15) is 0 Å². The number of nitro benzene ring substituents is 1. The van der Waals surface area contributed by atoms with Crippen molar-refractivity contribution in [2.24, 2.45) is 0 Å². The molecule has 1 aliphatic heterocycles. The number of nitrogens with zero attached hydrogens (tertiary/aromatic N) is 3. The Morgan fingerprint density at radius 1 is 1.26 bits per heavy atom. The number of thiazole rings is 1. The van der Waals surface area contributed by atoms with Gasteiger partial charge >= 0.3 is 0 Å². The molecule has 1 aliphatic rings. The van der Waals surface area contributed by atoms with Crippen molar-refractivity contribution in [3.63, 3.8) is 0 Å². The first-order valence-electron chi connectivity index (χ1n) is 9.23. The Hall–Kier alpha value is -3.30. The Morgan fingerprint density at radius 3 is 2.71 bits per heavy atom. The molecular formula is C21H17ClN4O4S. The molecule has 0 saturated heterocycles. The zero-order valence-corrected chi connectivity index (χ0v) is 18.4. The van der Waals surface area contributed by atoms with Crippen LogP contribution < -0.4 is 10.2 Å². The number of fused-ring (bicyclic) bond motifs is 1. The molecule has 2 aromatic carbocycles. The summed E-state index contributed by atoms with van der Waals surface area (Å²) in [6.45, 7) is 3.77. The Balaban J connectivity index is 1.60. The summed E-state index contributed by atoms with van der Waals surface area (Å²) in [5, 5.41) is 15.8. The Labute approximate surface area is 186 Å². The lowest BCUT2D eigenvalue weighted by atomic mass is 9.85. The van der Waals surface area contributed by atoms with Crippen LogP contribution in [0.4, 0.5) is 16.5 Å². The standard InChI is InChI=1S/C21H17ClN4O4S/c1-21(2)14-8-11(4-7-17(14)25(3)19(21)28)16-10-31-20(23-16)24-18(27)13-9-12(26(29)30)5-6-15(13)22/h4-10H,1-3H3,(H,23,24,27). The molecule has 8 nitrogen and oxygen atoms in total. The fourth-order valence-electron chi connectivity index (χ4n) is 3.56. The monoisotopic (exact) mass is 456 g/mol. The van der Waals surface area contributed by atoms with Gasteiger partial charge in [-0.25, -0.2) is 4.98 Å². The summed E-state index contributed by atoms with van der Waals surface area (Å²) < 4.78 is 0. The molecule has 158 valence electrons. The molecule has 0 radical (unpaired) electrons. The highest BCUT2D eigenvalue weighted by Gasteiger charge is 2.42. The Morgan fingerprint density at radius 2 is 2.00 bits per heavy atom. The molecule has 4 rings (SSSR count). The van der Waals surface area contributed by atoms with Gasteiger partial charge in [0.2, 0.25) is 5.91 Å².